The van der Waals surface area contributed by atoms with Crippen molar-refractivity contribution < 1.29 is 13.2 Å². The summed E-state index contributed by atoms with van der Waals surface area (Å²) in [7, 11) is -3.53. The zero-order chi connectivity index (χ0) is 17.3. The predicted octanol–water partition coefficient (Wildman–Crippen LogP) is 1.04. The maximum absolute atomic E-state index is 12.1. The molecular formula is C15H13N5O3S. The molecule has 122 valence electrons. The third-order valence-electron chi connectivity index (χ3n) is 3.45. The molecule has 0 saturated carbocycles. The molecule has 0 aliphatic heterocycles. The second kappa shape index (κ2) is 5.85. The second-order valence-electron chi connectivity index (χ2n) is 5.13. The molecule has 0 saturated heterocycles. The Hall–Kier alpha value is -3.07. The maximum atomic E-state index is 12.1. The monoisotopic (exact) mass is 343 g/mol. The largest absolute Gasteiger partial charge is 0.366 e. The summed E-state index contributed by atoms with van der Waals surface area (Å²) in [4.78, 5) is 11.5. The third-order valence-corrected chi connectivity index (χ3v) is 4.59. The summed E-state index contributed by atoms with van der Waals surface area (Å²) in [5.41, 5.74) is 7.13. The first-order chi connectivity index (χ1) is 11.4. The molecule has 0 aliphatic carbocycles. The van der Waals surface area contributed by atoms with Crippen molar-refractivity contribution in [3.8, 4) is 22.5 Å². The molecule has 0 unspecified atom stereocenters. The first-order valence-corrected chi connectivity index (χ1v) is 8.74. The topological polar surface area (TPSA) is 132 Å². The molecule has 0 aliphatic rings. The highest BCUT2D eigenvalue weighted by atomic mass is 32.2. The van der Waals surface area contributed by atoms with Crippen LogP contribution < -0.4 is 5.73 Å². The highest BCUT2D eigenvalue weighted by Gasteiger charge is 2.22. The van der Waals surface area contributed by atoms with Crippen LogP contribution in [-0.4, -0.2) is 41.2 Å². The van der Waals surface area contributed by atoms with Gasteiger partial charge in [0.1, 0.15) is 0 Å². The molecule has 3 aromatic rings. The van der Waals surface area contributed by atoms with E-state index in [1.54, 1.807) is 36.4 Å². The van der Waals surface area contributed by atoms with Gasteiger partial charge in [0.2, 0.25) is 11.7 Å². The SMILES string of the molecule is CS(=O)(=O)c1cccc(-c2cccc(C(N)=O)c2)c1-c1nn[nH]n1. The fourth-order valence-electron chi connectivity index (χ4n) is 2.42. The van der Waals surface area contributed by atoms with Crippen molar-refractivity contribution in [2.24, 2.45) is 5.73 Å². The molecule has 0 fully saturated rings. The van der Waals surface area contributed by atoms with Crippen LogP contribution in [0.2, 0.25) is 0 Å². The Morgan fingerprint density at radius 1 is 1.17 bits per heavy atom. The van der Waals surface area contributed by atoms with Crippen molar-refractivity contribution in [2.75, 3.05) is 6.26 Å². The van der Waals surface area contributed by atoms with Crippen LogP contribution in [-0.2, 0) is 9.84 Å². The quantitative estimate of drug-likeness (QED) is 0.727. The number of hydrogen-bond donors (Lipinski definition) is 2. The Bertz CT molecular complexity index is 1010. The average Bonchev–Trinajstić information content (AvgIpc) is 3.07. The predicted molar refractivity (Wildman–Crippen MR) is 86.7 cm³/mol. The minimum Gasteiger partial charge on any atom is -0.366 e. The lowest BCUT2D eigenvalue weighted by Crippen LogP contribution is -2.10. The Labute approximate surface area is 137 Å². The molecular weight excluding hydrogens is 330 g/mol. The van der Waals surface area contributed by atoms with Gasteiger partial charge < -0.3 is 5.73 Å². The first kappa shape index (κ1) is 15.8. The number of nitrogens with one attached hydrogen (secondary N) is 1. The molecule has 0 radical (unpaired) electrons. The summed E-state index contributed by atoms with van der Waals surface area (Å²) in [5, 5.41) is 13.6. The van der Waals surface area contributed by atoms with E-state index in [0.717, 1.165) is 6.26 Å². The van der Waals surface area contributed by atoms with Gasteiger partial charge in [-0.3, -0.25) is 4.79 Å². The molecule has 0 bridgehead atoms. The van der Waals surface area contributed by atoms with Crippen LogP contribution in [0.3, 0.4) is 0 Å². The second-order valence-corrected chi connectivity index (χ2v) is 7.12. The molecule has 2 aromatic carbocycles. The molecule has 0 atom stereocenters. The van der Waals surface area contributed by atoms with Gasteiger partial charge in [0.05, 0.1) is 4.90 Å². The van der Waals surface area contributed by atoms with E-state index < -0.39 is 15.7 Å². The zero-order valence-electron chi connectivity index (χ0n) is 12.6. The van der Waals surface area contributed by atoms with Crippen molar-refractivity contribution in [1.82, 2.24) is 20.6 Å². The number of benzene rings is 2. The molecule has 1 amide bonds. The van der Waals surface area contributed by atoms with E-state index in [1.807, 2.05) is 0 Å². The van der Waals surface area contributed by atoms with E-state index in [2.05, 4.69) is 20.6 Å². The fourth-order valence-corrected chi connectivity index (χ4v) is 3.32. The van der Waals surface area contributed by atoms with Crippen LogP contribution in [0.25, 0.3) is 22.5 Å². The standard InChI is InChI=1S/C15H13N5O3S/c1-24(22,23)12-7-3-6-11(13(12)15-17-19-20-18-15)9-4-2-5-10(8-9)14(16)21/h2-8H,1H3,(H2,16,21)(H,17,18,19,20). The molecule has 9 heteroatoms. The number of nitrogens with two attached hydrogens (primary N) is 1. The molecule has 1 aromatic heterocycles. The van der Waals surface area contributed by atoms with Gasteiger partial charge in [-0.15, -0.1) is 10.2 Å². The van der Waals surface area contributed by atoms with Gasteiger partial charge in [0.25, 0.3) is 0 Å². The Balaban J connectivity index is 2.33. The lowest BCUT2D eigenvalue weighted by atomic mass is 9.97. The first-order valence-electron chi connectivity index (χ1n) is 6.85. The Morgan fingerprint density at radius 3 is 2.54 bits per heavy atom. The van der Waals surface area contributed by atoms with Crippen LogP contribution in [0.5, 0.6) is 0 Å². The van der Waals surface area contributed by atoms with Crippen molar-refractivity contribution in [3.05, 3.63) is 48.0 Å². The number of H-pyrrole nitrogens is 1. The van der Waals surface area contributed by atoms with Gasteiger partial charge in [-0.05, 0) is 34.5 Å². The average molecular weight is 343 g/mol. The van der Waals surface area contributed by atoms with Gasteiger partial charge >= 0.3 is 0 Å². The van der Waals surface area contributed by atoms with Crippen LogP contribution >= 0.6 is 0 Å². The summed E-state index contributed by atoms with van der Waals surface area (Å²) >= 11 is 0. The number of carbonyl (C=O) groups is 1. The Morgan fingerprint density at radius 2 is 1.92 bits per heavy atom. The molecule has 1 heterocycles. The third kappa shape index (κ3) is 2.88. The summed E-state index contributed by atoms with van der Waals surface area (Å²) in [6.45, 7) is 0. The minimum absolute atomic E-state index is 0.0749. The number of aromatic amines is 1. The molecule has 0 spiro atoms. The summed E-state index contributed by atoms with van der Waals surface area (Å²) in [6.07, 6.45) is 1.11. The number of carbonyl (C=O) groups excluding carboxylic acids is 1. The highest BCUT2D eigenvalue weighted by molar-refractivity contribution is 7.90. The zero-order valence-corrected chi connectivity index (χ0v) is 13.4. The van der Waals surface area contributed by atoms with Crippen molar-refractivity contribution in [2.45, 2.75) is 4.90 Å². The van der Waals surface area contributed by atoms with Gasteiger partial charge in [0, 0.05) is 17.4 Å². The maximum Gasteiger partial charge on any atom is 0.248 e. The molecule has 24 heavy (non-hydrogen) atoms. The number of tetrazole rings is 1. The van der Waals surface area contributed by atoms with E-state index in [-0.39, 0.29) is 10.7 Å². The van der Waals surface area contributed by atoms with E-state index in [1.165, 1.54) is 6.07 Å². The van der Waals surface area contributed by atoms with Gasteiger partial charge in [0.15, 0.2) is 9.84 Å². The number of aromatic nitrogens is 4. The lowest BCUT2D eigenvalue weighted by Gasteiger charge is -2.12. The van der Waals surface area contributed by atoms with Crippen molar-refractivity contribution in [3.63, 3.8) is 0 Å². The lowest BCUT2D eigenvalue weighted by molar-refractivity contribution is 0.100. The normalized spacial score (nSPS) is 11.4. The number of primary amides is 1. The Kier molecular flexibility index (Phi) is 3.86. The number of amides is 1. The number of rotatable bonds is 4. The van der Waals surface area contributed by atoms with Crippen LogP contribution in [0, 0.1) is 0 Å². The minimum atomic E-state index is -3.53. The van der Waals surface area contributed by atoms with Crippen LogP contribution in [0.4, 0.5) is 0 Å². The van der Waals surface area contributed by atoms with E-state index in [0.29, 0.717) is 22.3 Å². The van der Waals surface area contributed by atoms with Crippen molar-refractivity contribution in [1.29, 1.82) is 0 Å². The molecule has 3 rings (SSSR count). The van der Waals surface area contributed by atoms with E-state index >= 15 is 0 Å². The van der Waals surface area contributed by atoms with Gasteiger partial charge in [-0.2, -0.15) is 5.21 Å². The highest BCUT2D eigenvalue weighted by Crippen LogP contribution is 2.35. The molecule has 3 N–H and O–H groups in total. The van der Waals surface area contributed by atoms with Crippen LogP contribution in [0.1, 0.15) is 10.4 Å². The van der Waals surface area contributed by atoms with Gasteiger partial charge in [-0.25, -0.2) is 8.42 Å². The summed E-state index contributed by atoms with van der Waals surface area (Å²) in [6, 6.07) is 11.4. The van der Waals surface area contributed by atoms with Gasteiger partial charge in [-0.1, -0.05) is 24.3 Å². The van der Waals surface area contributed by atoms with E-state index in [9.17, 15) is 13.2 Å². The number of hydrogen-bond acceptors (Lipinski definition) is 6. The molecule has 8 nitrogen and oxygen atoms in total. The van der Waals surface area contributed by atoms with E-state index in [4.69, 9.17) is 5.73 Å². The number of nitrogens with zero attached hydrogens (tertiary/aromatic N) is 3. The number of sulfone groups is 1. The van der Waals surface area contributed by atoms with Crippen LogP contribution in [0.15, 0.2) is 47.4 Å². The smallest absolute Gasteiger partial charge is 0.248 e. The summed E-state index contributed by atoms with van der Waals surface area (Å²) < 4.78 is 24.3. The summed E-state index contributed by atoms with van der Waals surface area (Å²) in [5.74, 6) is -0.423. The van der Waals surface area contributed by atoms with Crippen molar-refractivity contribution >= 4 is 15.7 Å². The fraction of sp³-hybridized carbons (Fsp3) is 0.0667.